The molecule has 2 aliphatic rings. The zero-order valence-corrected chi connectivity index (χ0v) is 13.8. The third-order valence-electron chi connectivity index (χ3n) is 4.45. The summed E-state index contributed by atoms with van der Waals surface area (Å²) in [6, 6.07) is 3.43. The third-order valence-corrected chi connectivity index (χ3v) is 6.78. The van der Waals surface area contributed by atoms with Gasteiger partial charge in [0.25, 0.3) is 0 Å². The fourth-order valence-corrected chi connectivity index (χ4v) is 5.16. The van der Waals surface area contributed by atoms with Crippen molar-refractivity contribution in [1.82, 2.24) is 9.29 Å². The van der Waals surface area contributed by atoms with Crippen molar-refractivity contribution in [2.24, 2.45) is 0 Å². The summed E-state index contributed by atoms with van der Waals surface area (Å²) in [4.78, 5) is 3.43. The minimum absolute atomic E-state index is 0.135. The van der Waals surface area contributed by atoms with E-state index in [4.69, 9.17) is 4.74 Å². The molecule has 2 heterocycles. The molecule has 0 bridgehead atoms. The number of alkyl halides is 3. The summed E-state index contributed by atoms with van der Waals surface area (Å²) in [7, 11) is -3.33. The van der Waals surface area contributed by atoms with E-state index in [0.29, 0.717) is 12.8 Å². The van der Waals surface area contributed by atoms with Gasteiger partial charge in [-0.05, 0) is 18.9 Å². The molecule has 2 fully saturated rings. The average molecular weight is 364 g/mol. The third kappa shape index (κ3) is 3.66. The first-order valence-electron chi connectivity index (χ1n) is 7.97. The average Bonchev–Trinajstić information content (AvgIpc) is 2.50. The highest BCUT2D eigenvalue weighted by Crippen LogP contribution is 2.31. The van der Waals surface area contributed by atoms with E-state index in [-0.39, 0.29) is 24.2 Å². The molecule has 134 valence electrons. The Morgan fingerprint density at radius 2 is 1.79 bits per heavy atom. The standard InChI is InChI=1S/C15H19F3N2O3S/c16-15(17,18)13-7-4-8-14(19-13)23-11-9-20(10-11)24(21,22)12-5-2-1-3-6-12/h4,7-8,11-12H,1-3,5-6,9-10H2. The van der Waals surface area contributed by atoms with Gasteiger partial charge in [0.05, 0.1) is 18.3 Å². The maximum Gasteiger partial charge on any atom is 0.433 e. The van der Waals surface area contributed by atoms with Gasteiger partial charge in [-0.1, -0.05) is 25.3 Å². The van der Waals surface area contributed by atoms with Gasteiger partial charge in [-0.3, -0.25) is 0 Å². The molecule has 0 radical (unpaired) electrons. The molecule has 1 aromatic heterocycles. The molecule has 1 aliphatic heterocycles. The van der Waals surface area contributed by atoms with Crippen LogP contribution in [0.2, 0.25) is 0 Å². The van der Waals surface area contributed by atoms with Gasteiger partial charge in [-0.25, -0.2) is 13.4 Å². The summed E-state index contributed by atoms with van der Waals surface area (Å²) < 4.78 is 69.5. The van der Waals surface area contributed by atoms with Gasteiger partial charge in [0.2, 0.25) is 15.9 Å². The van der Waals surface area contributed by atoms with Crippen LogP contribution in [0.5, 0.6) is 5.88 Å². The lowest BCUT2D eigenvalue weighted by molar-refractivity contribution is -0.141. The molecule has 5 nitrogen and oxygen atoms in total. The van der Waals surface area contributed by atoms with Crippen LogP contribution in [0.3, 0.4) is 0 Å². The lowest BCUT2D eigenvalue weighted by atomic mass is 10.0. The monoisotopic (exact) mass is 364 g/mol. The van der Waals surface area contributed by atoms with Crippen LogP contribution in [0.4, 0.5) is 13.2 Å². The summed E-state index contributed by atoms with van der Waals surface area (Å²) in [6.07, 6.45) is -0.718. The van der Waals surface area contributed by atoms with Crippen LogP contribution in [-0.2, 0) is 16.2 Å². The molecule has 1 aromatic rings. The number of hydrogen-bond acceptors (Lipinski definition) is 4. The minimum Gasteiger partial charge on any atom is -0.472 e. The Labute approximate surface area is 138 Å². The van der Waals surface area contributed by atoms with Crippen LogP contribution in [0.1, 0.15) is 37.8 Å². The van der Waals surface area contributed by atoms with Crippen molar-refractivity contribution in [2.45, 2.75) is 49.6 Å². The molecule has 0 atom stereocenters. The topological polar surface area (TPSA) is 59.5 Å². The molecule has 3 rings (SSSR count). The van der Waals surface area contributed by atoms with Gasteiger partial charge in [0.15, 0.2) is 0 Å². The first kappa shape index (κ1) is 17.5. The molecular weight excluding hydrogens is 345 g/mol. The maximum absolute atomic E-state index is 12.6. The smallest absolute Gasteiger partial charge is 0.433 e. The Kier molecular flexibility index (Phi) is 4.74. The van der Waals surface area contributed by atoms with Crippen LogP contribution in [0.15, 0.2) is 18.2 Å². The first-order chi connectivity index (χ1) is 11.3. The SMILES string of the molecule is O=S(=O)(C1CCCCC1)N1CC(Oc2cccc(C(F)(F)F)n2)C1. The fourth-order valence-electron chi connectivity index (χ4n) is 3.07. The Hall–Kier alpha value is -1.35. The zero-order chi connectivity index (χ0) is 17.4. The molecular formula is C15H19F3N2O3S. The summed E-state index contributed by atoms with van der Waals surface area (Å²) in [5.41, 5.74) is -1.02. The van der Waals surface area contributed by atoms with E-state index >= 15 is 0 Å². The van der Waals surface area contributed by atoms with Gasteiger partial charge in [0, 0.05) is 6.07 Å². The van der Waals surface area contributed by atoms with Crippen molar-refractivity contribution in [3.05, 3.63) is 23.9 Å². The quantitative estimate of drug-likeness (QED) is 0.824. The summed E-state index contributed by atoms with van der Waals surface area (Å²) in [5.74, 6) is -0.135. The summed E-state index contributed by atoms with van der Waals surface area (Å²) >= 11 is 0. The van der Waals surface area contributed by atoms with Crippen molar-refractivity contribution >= 4 is 10.0 Å². The van der Waals surface area contributed by atoms with Gasteiger partial charge in [-0.2, -0.15) is 17.5 Å². The second-order valence-electron chi connectivity index (χ2n) is 6.22. The van der Waals surface area contributed by atoms with Gasteiger partial charge in [0.1, 0.15) is 11.8 Å². The Morgan fingerprint density at radius 1 is 1.12 bits per heavy atom. The molecule has 0 unspecified atom stereocenters. The number of halogens is 3. The van der Waals surface area contributed by atoms with E-state index in [1.807, 2.05) is 0 Å². The van der Waals surface area contributed by atoms with Crippen LogP contribution in [0, 0.1) is 0 Å². The van der Waals surface area contributed by atoms with Gasteiger partial charge >= 0.3 is 6.18 Å². The summed E-state index contributed by atoms with van der Waals surface area (Å²) in [6.45, 7) is 0.327. The highest BCUT2D eigenvalue weighted by atomic mass is 32.2. The molecule has 0 aromatic carbocycles. The predicted molar refractivity (Wildman–Crippen MR) is 81.0 cm³/mol. The molecule has 0 N–H and O–H groups in total. The summed E-state index contributed by atoms with van der Waals surface area (Å²) in [5, 5.41) is -0.334. The number of sulfonamides is 1. The highest BCUT2D eigenvalue weighted by molar-refractivity contribution is 7.89. The van der Waals surface area contributed by atoms with Gasteiger partial charge < -0.3 is 4.74 Å². The Balaban J connectivity index is 1.57. The maximum atomic E-state index is 12.6. The first-order valence-corrected chi connectivity index (χ1v) is 9.47. The number of aromatic nitrogens is 1. The molecule has 1 saturated carbocycles. The van der Waals surface area contributed by atoms with E-state index in [1.165, 1.54) is 16.4 Å². The van der Waals surface area contributed by atoms with Crippen molar-refractivity contribution in [1.29, 1.82) is 0 Å². The van der Waals surface area contributed by atoms with Crippen LogP contribution < -0.4 is 4.74 Å². The van der Waals surface area contributed by atoms with E-state index in [0.717, 1.165) is 25.3 Å². The second kappa shape index (κ2) is 6.51. The van der Waals surface area contributed by atoms with E-state index in [2.05, 4.69) is 4.98 Å². The lowest BCUT2D eigenvalue weighted by Gasteiger charge is -2.40. The van der Waals surface area contributed by atoms with E-state index in [1.54, 1.807) is 0 Å². The van der Waals surface area contributed by atoms with Crippen LogP contribution in [-0.4, -0.2) is 42.2 Å². The number of nitrogens with zero attached hydrogens (tertiary/aromatic N) is 2. The number of rotatable bonds is 4. The van der Waals surface area contributed by atoms with Crippen molar-refractivity contribution in [2.75, 3.05) is 13.1 Å². The van der Waals surface area contributed by atoms with Crippen molar-refractivity contribution in [3.8, 4) is 5.88 Å². The van der Waals surface area contributed by atoms with Crippen molar-refractivity contribution in [3.63, 3.8) is 0 Å². The molecule has 1 aliphatic carbocycles. The van der Waals surface area contributed by atoms with E-state index in [9.17, 15) is 21.6 Å². The molecule has 1 saturated heterocycles. The lowest BCUT2D eigenvalue weighted by Crippen LogP contribution is -2.58. The zero-order valence-electron chi connectivity index (χ0n) is 13.0. The van der Waals surface area contributed by atoms with Crippen LogP contribution in [0.25, 0.3) is 0 Å². The molecule has 0 amide bonds. The van der Waals surface area contributed by atoms with Crippen molar-refractivity contribution < 1.29 is 26.3 Å². The van der Waals surface area contributed by atoms with E-state index < -0.39 is 28.0 Å². The predicted octanol–water partition coefficient (Wildman–Crippen LogP) is 2.83. The number of pyridine rings is 1. The molecule has 24 heavy (non-hydrogen) atoms. The van der Waals surface area contributed by atoms with Crippen LogP contribution >= 0.6 is 0 Å². The Morgan fingerprint density at radius 3 is 2.42 bits per heavy atom. The highest BCUT2D eigenvalue weighted by Gasteiger charge is 2.42. The minimum atomic E-state index is -4.53. The number of hydrogen-bond donors (Lipinski definition) is 0. The number of ether oxygens (including phenoxy) is 1. The second-order valence-corrected chi connectivity index (χ2v) is 8.43. The Bertz CT molecular complexity index is 681. The molecule has 9 heteroatoms. The normalized spacial score (nSPS) is 21.5. The fraction of sp³-hybridized carbons (Fsp3) is 0.667. The molecule has 0 spiro atoms. The van der Waals surface area contributed by atoms with Gasteiger partial charge in [-0.15, -0.1) is 0 Å². The largest absolute Gasteiger partial charge is 0.472 e.